The van der Waals surface area contributed by atoms with E-state index in [4.69, 9.17) is 22.1 Å². The van der Waals surface area contributed by atoms with Crippen LogP contribution in [0.3, 0.4) is 0 Å². The second-order valence-electron chi connectivity index (χ2n) is 4.34. The van der Waals surface area contributed by atoms with E-state index < -0.39 is 0 Å². The zero-order valence-electron chi connectivity index (χ0n) is 10.2. The van der Waals surface area contributed by atoms with Gasteiger partial charge in [0.2, 0.25) is 0 Å². The maximum atomic E-state index is 6.23. The first kappa shape index (κ1) is 12.5. The van der Waals surface area contributed by atoms with Gasteiger partial charge in [-0.05, 0) is 31.9 Å². The van der Waals surface area contributed by atoms with Gasteiger partial charge in [-0.1, -0.05) is 17.7 Å². The van der Waals surface area contributed by atoms with Crippen LogP contribution in [-0.2, 0) is 4.74 Å². The Labute approximate surface area is 107 Å². The van der Waals surface area contributed by atoms with Crippen molar-refractivity contribution in [1.82, 2.24) is 0 Å². The molecule has 1 aliphatic heterocycles. The van der Waals surface area contributed by atoms with Gasteiger partial charge in [-0.2, -0.15) is 0 Å². The molecule has 1 unspecified atom stereocenters. The first-order valence-corrected chi connectivity index (χ1v) is 6.50. The highest BCUT2D eigenvalue weighted by Gasteiger charge is 2.22. The summed E-state index contributed by atoms with van der Waals surface area (Å²) in [4.78, 5) is 2.24. The number of nitrogens with zero attached hydrogens (tertiary/aromatic N) is 1. The quantitative estimate of drug-likeness (QED) is 0.843. The molecule has 2 rings (SSSR count). The van der Waals surface area contributed by atoms with Crippen LogP contribution in [0.25, 0.3) is 0 Å². The van der Waals surface area contributed by atoms with Crippen LogP contribution < -0.4 is 10.6 Å². The third-order valence-corrected chi connectivity index (χ3v) is 3.42. The molecule has 0 aliphatic carbocycles. The Hall–Kier alpha value is -0.930. The van der Waals surface area contributed by atoms with E-state index in [0.717, 1.165) is 48.9 Å². The second-order valence-corrected chi connectivity index (χ2v) is 4.75. The first-order chi connectivity index (χ1) is 8.22. The molecule has 1 aromatic carbocycles. The number of benzene rings is 1. The van der Waals surface area contributed by atoms with Crippen LogP contribution in [0, 0.1) is 0 Å². The molecule has 17 heavy (non-hydrogen) atoms. The van der Waals surface area contributed by atoms with Gasteiger partial charge >= 0.3 is 0 Å². The Balaban J connectivity index is 2.16. The minimum atomic E-state index is 0.296. The van der Waals surface area contributed by atoms with Crippen molar-refractivity contribution in [2.75, 3.05) is 30.3 Å². The van der Waals surface area contributed by atoms with E-state index in [0.29, 0.717) is 6.10 Å². The van der Waals surface area contributed by atoms with Crippen LogP contribution >= 0.6 is 11.6 Å². The van der Waals surface area contributed by atoms with Gasteiger partial charge in [0.05, 0.1) is 22.5 Å². The van der Waals surface area contributed by atoms with Crippen molar-refractivity contribution >= 4 is 23.0 Å². The molecule has 1 fully saturated rings. The molecule has 3 nitrogen and oxygen atoms in total. The molecule has 0 bridgehead atoms. The summed E-state index contributed by atoms with van der Waals surface area (Å²) in [7, 11) is 0. The Kier molecular flexibility index (Phi) is 4.13. The van der Waals surface area contributed by atoms with E-state index in [9.17, 15) is 0 Å². The molecule has 4 heteroatoms. The highest BCUT2D eigenvalue weighted by molar-refractivity contribution is 6.34. The van der Waals surface area contributed by atoms with Gasteiger partial charge in [-0.15, -0.1) is 0 Å². The lowest BCUT2D eigenvalue weighted by atomic mass is 10.1. The molecule has 0 saturated carbocycles. The topological polar surface area (TPSA) is 38.5 Å². The number of hydrogen-bond acceptors (Lipinski definition) is 3. The molecule has 94 valence electrons. The van der Waals surface area contributed by atoms with Crippen molar-refractivity contribution in [3.63, 3.8) is 0 Å². The summed E-state index contributed by atoms with van der Waals surface area (Å²) in [6.45, 7) is 4.67. The fraction of sp³-hybridized carbons (Fsp3) is 0.538. The van der Waals surface area contributed by atoms with Crippen molar-refractivity contribution in [2.45, 2.75) is 25.9 Å². The Morgan fingerprint density at radius 1 is 1.53 bits per heavy atom. The summed E-state index contributed by atoms with van der Waals surface area (Å²) in [6, 6.07) is 5.66. The molecular formula is C13H19ClN2O. The molecule has 1 heterocycles. The molecule has 1 aliphatic rings. The summed E-state index contributed by atoms with van der Waals surface area (Å²) in [5, 5.41) is 0.724. The fourth-order valence-electron chi connectivity index (χ4n) is 2.38. The average molecular weight is 255 g/mol. The Morgan fingerprint density at radius 2 is 2.35 bits per heavy atom. The number of hydrogen-bond donors (Lipinski definition) is 1. The van der Waals surface area contributed by atoms with Crippen molar-refractivity contribution in [3.8, 4) is 0 Å². The van der Waals surface area contributed by atoms with Crippen LogP contribution in [0.4, 0.5) is 11.4 Å². The predicted molar refractivity (Wildman–Crippen MR) is 72.7 cm³/mol. The summed E-state index contributed by atoms with van der Waals surface area (Å²) in [5.41, 5.74) is 7.71. The van der Waals surface area contributed by atoms with Gasteiger partial charge < -0.3 is 15.4 Å². The summed E-state index contributed by atoms with van der Waals surface area (Å²) >= 11 is 6.23. The lowest BCUT2D eigenvalue weighted by Crippen LogP contribution is -2.40. The molecule has 0 aromatic heterocycles. The van der Waals surface area contributed by atoms with Crippen LogP contribution in [0.5, 0.6) is 0 Å². The van der Waals surface area contributed by atoms with Gasteiger partial charge in [-0.3, -0.25) is 0 Å². The van der Waals surface area contributed by atoms with E-state index >= 15 is 0 Å². The minimum absolute atomic E-state index is 0.296. The summed E-state index contributed by atoms with van der Waals surface area (Å²) in [6.07, 6.45) is 2.54. The monoisotopic (exact) mass is 254 g/mol. The smallest absolute Gasteiger partial charge is 0.0790 e. The SMILES string of the molecule is CCOC1CCCN(c2c(N)cccc2Cl)C1. The minimum Gasteiger partial charge on any atom is -0.397 e. The number of para-hydroxylation sites is 1. The highest BCUT2D eigenvalue weighted by Crippen LogP contribution is 2.33. The largest absolute Gasteiger partial charge is 0.397 e. The fourth-order valence-corrected chi connectivity index (χ4v) is 2.68. The van der Waals surface area contributed by atoms with Crippen LogP contribution in [0.1, 0.15) is 19.8 Å². The van der Waals surface area contributed by atoms with Crippen LogP contribution in [-0.4, -0.2) is 25.8 Å². The van der Waals surface area contributed by atoms with Crippen molar-refractivity contribution in [2.24, 2.45) is 0 Å². The van der Waals surface area contributed by atoms with Gasteiger partial charge in [0.25, 0.3) is 0 Å². The van der Waals surface area contributed by atoms with Gasteiger partial charge in [0, 0.05) is 19.7 Å². The number of nitrogens with two attached hydrogens (primary N) is 1. The maximum absolute atomic E-state index is 6.23. The van der Waals surface area contributed by atoms with Crippen LogP contribution in [0.2, 0.25) is 5.02 Å². The third-order valence-electron chi connectivity index (χ3n) is 3.11. The number of anilines is 2. The zero-order valence-corrected chi connectivity index (χ0v) is 10.9. The molecule has 0 radical (unpaired) electrons. The summed E-state index contributed by atoms with van der Waals surface area (Å²) < 4.78 is 5.69. The van der Waals surface area contributed by atoms with Crippen molar-refractivity contribution in [3.05, 3.63) is 23.2 Å². The molecular weight excluding hydrogens is 236 g/mol. The number of rotatable bonds is 3. The standard InChI is InChI=1S/C13H19ClN2O/c1-2-17-10-5-4-8-16(9-10)13-11(14)6-3-7-12(13)15/h3,6-7,10H,2,4-5,8-9,15H2,1H3. The van der Waals surface area contributed by atoms with Gasteiger partial charge in [0.15, 0.2) is 0 Å². The number of halogens is 1. The summed E-state index contributed by atoms with van der Waals surface area (Å²) in [5.74, 6) is 0. The van der Waals surface area contributed by atoms with E-state index in [2.05, 4.69) is 4.90 Å². The van der Waals surface area contributed by atoms with Crippen LogP contribution in [0.15, 0.2) is 18.2 Å². The lowest BCUT2D eigenvalue weighted by Gasteiger charge is -2.35. The van der Waals surface area contributed by atoms with Crippen molar-refractivity contribution in [1.29, 1.82) is 0 Å². The Bertz CT molecular complexity index is 361. The van der Waals surface area contributed by atoms with E-state index in [1.807, 2.05) is 25.1 Å². The van der Waals surface area contributed by atoms with E-state index in [1.54, 1.807) is 0 Å². The van der Waals surface area contributed by atoms with E-state index in [-0.39, 0.29) is 0 Å². The number of ether oxygens (including phenoxy) is 1. The highest BCUT2D eigenvalue weighted by atomic mass is 35.5. The van der Waals surface area contributed by atoms with Gasteiger partial charge in [0.1, 0.15) is 0 Å². The number of nitrogen functional groups attached to an aromatic ring is 1. The molecule has 2 N–H and O–H groups in total. The molecule has 1 atom stereocenters. The molecule has 0 amide bonds. The molecule has 1 aromatic rings. The predicted octanol–water partition coefficient (Wildman–Crippen LogP) is 2.93. The first-order valence-electron chi connectivity index (χ1n) is 6.13. The normalized spacial score (nSPS) is 20.6. The number of piperidine rings is 1. The van der Waals surface area contributed by atoms with Gasteiger partial charge in [-0.25, -0.2) is 0 Å². The lowest BCUT2D eigenvalue weighted by molar-refractivity contribution is 0.0527. The molecule has 0 spiro atoms. The Morgan fingerprint density at radius 3 is 3.06 bits per heavy atom. The second kappa shape index (κ2) is 5.61. The van der Waals surface area contributed by atoms with E-state index in [1.165, 1.54) is 0 Å². The molecule has 1 saturated heterocycles. The average Bonchev–Trinajstić information content (AvgIpc) is 2.30. The third kappa shape index (κ3) is 2.85. The maximum Gasteiger partial charge on any atom is 0.0790 e. The zero-order chi connectivity index (χ0) is 12.3. The van der Waals surface area contributed by atoms with Crippen molar-refractivity contribution < 1.29 is 4.74 Å².